The molecule has 1 atom stereocenters. The van der Waals surface area contributed by atoms with Gasteiger partial charge in [-0.15, -0.1) is 24.0 Å². The second-order valence-corrected chi connectivity index (χ2v) is 6.17. The van der Waals surface area contributed by atoms with Crippen LogP contribution in [-0.2, 0) is 6.54 Å². The zero-order valence-corrected chi connectivity index (χ0v) is 18.5. The van der Waals surface area contributed by atoms with Gasteiger partial charge in [0.15, 0.2) is 5.96 Å². The van der Waals surface area contributed by atoms with E-state index in [4.69, 9.17) is 0 Å². The van der Waals surface area contributed by atoms with Crippen molar-refractivity contribution in [2.24, 2.45) is 4.99 Å². The number of carbonyl (C=O) groups excluding carboxylic acids is 1. The van der Waals surface area contributed by atoms with Gasteiger partial charge in [0, 0.05) is 32.2 Å². The van der Waals surface area contributed by atoms with E-state index in [-0.39, 0.29) is 29.9 Å². The molecule has 2 aromatic carbocycles. The van der Waals surface area contributed by atoms with Gasteiger partial charge >= 0.3 is 0 Å². The maximum atomic E-state index is 11.8. The molecule has 3 N–H and O–H groups in total. The third-order valence-corrected chi connectivity index (χ3v) is 4.18. The van der Waals surface area contributed by atoms with Gasteiger partial charge in [0.05, 0.1) is 0 Å². The fourth-order valence-corrected chi connectivity index (χ4v) is 2.59. The highest BCUT2D eigenvalue weighted by Crippen LogP contribution is 2.12. The number of halogens is 1. The van der Waals surface area contributed by atoms with E-state index < -0.39 is 0 Å². The summed E-state index contributed by atoms with van der Waals surface area (Å²) in [7, 11) is 1.76. The van der Waals surface area contributed by atoms with Gasteiger partial charge in [-0.2, -0.15) is 0 Å². The van der Waals surface area contributed by atoms with Gasteiger partial charge in [0.25, 0.3) is 5.91 Å². The van der Waals surface area contributed by atoms with E-state index in [2.05, 4.69) is 52.1 Å². The number of carbonyl (C=O) groups is 1. The lowest BCUT2D eigenvalue weighted by Crippen LogP contribution is -2.38. The van der Waals surface area contributed by atoms with Gasteiger partial charge in [-0.1, -0.05) is 49.4 Å². The standard InChI is InChI=1S/C21H28N4O.HI/c1-4-23-20(26)19-12-10-17(11-13-19)15-25-21(22-3)24-14-16(2)18-8-6-5-7-9-18;/h5-13,16H,4,14-15H2,1-3H3,(H,23,26)(H2,22,24,25);1H. The summed E-state index contributed by atoms with van der Waals surface area (Å²) in [5, 5.41) is 9.46. The molecule has 1 unspecified atom stereocenters. The molecule has 27 heavy (non-hydrogen) atoms. The maximum Gasteiger partial charge on any atom is 0.251 e. The molecular weight excluding hydrogens is 451 g/mol. The van der Waals surface area contributed by atoms with Crippen LogP contribution in [0.1, 0.15) is 41.3 Å². The lowest BCUT2D eigenvalue weighted by atomic mass is 10.0. The SMILES string of the molecule is CCNC(=O)c1ccc(CNC(=NC)NCC(C)c2ccccc2)cc1.I. The highest BCUT2D eigenvalue weighted by Gasteiger charge is 2.07. The molecule has 0 aliphatic heterocycles. The van der Waals surface area contributed by atoms with E-state index in [0.717, 1.165) is 18.1 Å². The molecule has 0 aromatic heterocycles. The largest absolute Gasteiger partial charge is 0.356 e. The minimum absolute atomic E-state index is 0. The first-order valence-corrected chi connectivity index (χ1v) is 9.00. The summed E-state index contributed by atoms with van der Waals surface area (Å²) < 4.78 is 0. The molecule has 0 heterocycles. The summed E-state index contributed by atoms with van der Waals surface area (Å²) in [6.45, 7) is 6.18. The smallest absolute Gasteiger partial charge is 0.251 e. The Morgan fingerprint density at radius 1 is 1.00 bits per heavy atom. The van der Waals surface area contributed by atoms with Crippen LogP contribution in [0.4, 0.5) is 0 Å². The van der Waals surface area contributed by atoms with Crippen LogP contribution in [0, 0.1) is 0 Å². The van der Waals surface area contributed by atoms with Crippen molar-refractivity contribution in [1.82, 2.24) is 16.0 Å². The maximum absolute atomic E-state index is 11.8. The fourth-order valence-electron chi connectivity index (χ4n) is 2.59. The van der Waals surface area contributed by atoms with Crippen molar-refractivity contribution in [3.63, 3.8) is 0 Å². The highest BCUT2D eigenvalue weighted by atomic mass is 127. The van der Waals surface area contributed by atoms with Crippen molar-refractivity contribution in [2.75, 3.05) is 20.1 Å². The summed E-state index contributed by atoms with van der Waals surface area (Å²) >= 11 is 0. The van der Waals surface area contributed by atoms with Crippen LogP contribution < -0.4 is 16.0 Å². The van der Waals surface area contributed by atoms with Crippen LogP contribution in [0.3, 0.4) is 0 Å². The Bertz CT molecular complexity index is 717. The molecule has 0 spiro atoms. The third kappa shape index (κ3) is 7.58. The van der Waals surface area contributed by atoms with Crippen LogP contribution in [0.5, 0.6) is 0 Å². The van der Waals surface area contributed by atoms with E-state index in [0.29, 0.717) is 24.6 Å². The topological polar surface area (TPSA) is 65.5 Å². The first kappa shape index (κ1) is 23.0. The lowest BCUT2D eigenvalue weighted by Gasteiger charge is -2.16. The Morgan fingerprint density at radius 2 is 1.67 bits per heavy atom. The van der Waals surface area contributed by atoms with Crippen molar-refractivity contribution in [2.45, 2.75) is 26.3 Å². The number of guanidine groups is 1. The summed E-state index contributed by atoms with van der Waals surface area (Å²) in [5.41, 5.74) is 3.07. The van der Waals surface area contributed by atoms with Crippen LogP contribution in [0.2, 0.25) is 0 Å². The molecule has 0 saturated heterocycles. The van der Waals surface area contributed by atoms with Crippen molar-refractivity contribution < 1.29 is 4.79 Å². The predicted molar refractivity (Wildman–Crippen MR) is 123 cm³/mol. The number of benzene rings is 2. The van der Waals surface area contributed by atoms with Gasteiger partial charge in [0.2, 0.25) is 0 Å². The number of hydrogen-bond acceptors (Lipinski definition) is 2. The van der Waals surface area contributed by atoms with Gasteiger partial charge in [-0.3, -0.25) is 9.79 Å². The molecule has 0 aliphatic rings. The zero-order chi connectivity index (χ0) is 18.8. The van der Waals surface area contributed by atoms with E-state index >= 15 is 0 Å². The average molecular weight is 480 g/mol. The van der Waals surface area contributed by atoms with E-state index in [1.165, 1.54) is 5.56 Å². The lowest BCUT2D eigenvalue weighted by molar-refractivity contribution is 0.0956. The van der Waals surface area contributed by atoms with Gasteiger partial charge in [0.1, 0.15) is 0 Å². The van der Waals surface area contributed by atoms with Crippen molar-refractivity contribution in [3.8, 4) is 0 Å². The number of aliphatic imine (C=N–C) groups is 1. The van der Waals surface area contributed by atoms with Crippen LogP contribution in [-0.4, -0.2) is 32.0 Å². The quantitative estimate of drug-likeness (QED) is 0.323. The first-order valence-electron chi connectivity index (χ1n) is 9.00. The molecule has 1 amide bonds. The number of hydrogen-bond donors (Lipinski definition) is 3. The molecule has 0 bridgehead atoms. The van der Waals surface area contributed by atoms with Crippen LogP contribution >= 0.6 is 24.0 Å². The van der Waals surface area contributed by atoms with Crippen molar-refractivity contribution in [3.05, 3.63) is 71.3 Å². The van der Waals surface area contributed by atoms with Crippen molar-refractivity contribution in [1.29, 1.82) is 0 Å². The molecular formula is C21H29IN4O. The molecule has 0 fully saturated rings. The molecule has 5 nitrogen and oxygen atoms in total. The second-order valence-electron chi connectivity index (χ2n) is 6.17. The molecule has 0 aliphatic carbocycles. The number of amides is 1. The second kappa shape index (κ2) is 12.3. The summed E-state index contributed by atoms with van der Waals surface area (Å²) in [4.78, 5) is 16.0. The first-order chi connectivity index (χ1) is 12.6. The van der Waals surface area contributed by atoms with E-state index in [1.807, 2.05) is 37.3 Å². The molecule has 2 aromatic rings. The average Bonchev–Trinajstić information content (AvgIpc) is 2.69. The molecule has 146 valence electrons. The molecule has 2 rings (SSSR count). The molecule has 0 saturated carbocycles. The monoisotopic (exact) mass is 480 g/mol. The number of nitrogens with one attached hydrogen (secondary N) is 3. The van der Waals surface area contributed by atoms with Crippen molar-refractivity contribution >= 4 is 35.8 Å². The van der Waals surface area contributed by atoms with Crippen LogP contribution in [0.15, 0.2) is 59.6 Å². The van der Waals surface area contributed by atoms with Gasteiger partial charge in [-0.05, 0) is 36.1 Å². The van der Waals surface area contributed by atoms with E-state index in [1.54, 1.807) is 7.05 Å². The Labute approximate surface area is 179 Å². The predicted octanol–water partition coefficient (Wildman–Crippen LogP) is 3.52. The number of nitrogens with zero attached hydrogens (tertiary/aromatic N) is 1. The zero-order valence-electron chi connectivity index (χ0n) is 16.2. The third-order valence-electron chi connectivity index (χ3n) is 4.18. The van der Waals surface area contributed by atoms with E-state index in [9.17, 15) is 4.79 Å². The molecule has 0 radical (unpaired) electrons. The Balaban J connectivity index is 0.00000364. The van der Waals surface area contributed by atoms with Crippen LogP contribution in [0.25, 0.3) is 0 Å². The Morgan fingerprint density at radius 3 is 2.26 bits per heavy atom. The molecule has 6 heteroatoms. The highest BCUT2D eigenvalue weighted by molar-refractivity contribution is 14.0. The summed E-state index contributed by atoms with van der Waals surface area (Å²) in [6, 6.07) is 18.0. The minimum atomic E-state index is -0.0422. The Hall–Kier alpha value is -2.09. The summed E-state index contributed by atoms with van der Waals surface area (Å²) in [6.07, 6.45) is 0. The normalized spacial score (nSPS) is 11.9. The Kier molecular flexibility index (Phi) is 10.5. The van der Waals surface area contributed by atoms with Gasteiger partial charge < -0.3 is 16.0 Å². The number of rotatable bonds is 7. The summed E-state index contributed by atoms with van der Waals surface area (Å²) in [5.74, 6) is 1.12. The minimum Gasteiger partial charge on any atom is -0.356 e. The van der Waals surface area contributed by atoms with Gasteiger partial charge in [-0.25, -0.2) is 0 Å². The fraction of sp³-hybridized carbons (Fsp3) is 0.333.